The molecule has 98 valence electrons. The molecule has 0 aromatic carbocycles. The Morgan fingerprint density at radius 3 is 2.18 bits per heavy atom. The number of hydrogen-bond acceptors (Lipinski definition) is 5. The molecule has 2 aliphatic heterocycles. The van der Waals surface area contributed by atoms with Crippen LogP contribution in [0, 0.1) is 5.41 Å². The molecule has 2 rings (SSSR count). The Morgan fingerprint density at radius 2 is 1.59 bits per heavy atom. The Balaban J connectivity index is 0.000000171. The fourth-order valence-electron chi connectivity index (χ4n) is 1.40. The van der Waals surface area contributed by atoms with Crippen molar-refractivity contribution in [1.29, 1.82) is 0 Å². The maximum atomic E-state index is 10.5. The van der Waals surface area contributed by atoms with Crippen molar-refractivity contribution >= 4 is 12.1 Å². The summed E-state index contributed by atoms with van der Waals surface area (Å²) in [6.07, 6.45) is 3.28. The fourth-order valence-corrected chi connectivity index (χ4v) is 1.40. The predicted octanol–water partition coefficient (Wildman–Crippen LogP) is 2.28. The first-order valence-corrected chi connectivity index (χ1v) is 5.95. The van der Waals surface area contributed by atoms with Gasteiger partial charge >= 0.3 is 12.1 Å². The zero-order valence-electron chi connectivity index (χ0n) is 10.5. The van der Waals surface area contributed by atoms with Crippen molar-refractivity contribution in [2.45, 2.75) is 39.5 Å². The van der Waals surface area contributed by atoms with Crippen molar-refractivity contribution in [1.82, 2.24) is 0 Å². The van der Waals surface area contributed by atoms with Gasteiger partial charge in [-0.05, 0) is 19.3 Å². The molecule has 0 bridgehead atoms. The number of ether oxygens (including phenoxy) is 3. The summed E-state index contributed by atoms with van der Waals surface area (Å²) in [6.45, 7) is 5.54. The number of esters is 1. The van der Waals surface area contributed by atoms with Crippen molar-refractivity contribution in [2.75, 3.05) is 19.8 Å². The molecule has 0 aromatic heterocycles. The molecule has 2 saturated heterocycles. The molecule has 0 saturated carbocycles. The Hall–Kier alpha value is -1.26. The zero-order chi connectivity index (χ0) is 12.7. The topological polar surface area (TPSA) is 61.8 Å². The van der Waals surface area contributed by atoms with Crippen LogP contribution in [-0.4, -0.2) is 31.9 Å². The van der Waals surface area contributed by atoms with Gasteiger partial charge in [0.1, 0.15) is 13.2 Å². The van der Waals surface area contributed by atoms with Crippen LogP contribution in [0.3, 0.4) is 0 Å². The fraction of sp³-hybridized carbons (Fsp3) is 0.833. The minimum absolute atomic E-state index is 0.00604. The summed E-state index contributed by atoms with van der Waals surface area (Å²) in [5.41, 5.74) is -0.00604. The van der Waals surface area contributed by atoms with E-state index in [9.17, 15) is 9.59 Å². The van der Waals surface area contributed by atoms with E-state index in [1.165, 1.54) is 0 Å². The highest BCUT2D eigenvalue weighted by Crippen LogP contribution is 2.20. The number of hydrogen-bond donors (Lipinski definition) is 0. The molecule has 0 aromatic rings. The van der Waals surface area contributed by atoms with Crippen LogP contribution in [0.2, 0.25) is 0 Å². The van der Waals surface area contributed by atoms with Gasteiger partial charge in [0.05, 0.1) is 6.61 Å². The summed E-state index contributed by atoms with van der Waals surface area (Å²) < 4.78 is 14.0. The van der Waals surface area contributed by atoms with Crippen LogP contribution >= 0.6 is 0 Å². The Kier molecular flexibility index (Phi) is 5.25. The smallest absolute Gasteiger partial charge is 0.466 e. The van der Waals surface area contributed by atoms with E-state index in [0.29, 0.717) is 26.2 Å². The molecule has 0 amide bonds. The minimum atomic E-state index is -0.547. The van der Waals surface area contributed by atoms with Gasteiger partial charge < -0.3 is 14.2 Å². The normalized spacial score (nSPS) is 23.2. The first kappa shape index (κ1) is 13.8. The Labute approximate surface area is 101 Å². The lowest BCUT2D eigenvalue weighted by Crippen LogP contribution is -2.34. The highest BCUT2D eigenvalue weighted by molar-refractivity contribution is 5.69. The monoisotopic (exact) mass is 244 g/mol. The number of carbonyl (C=O) groups is 2. The summed E-state index contributed by atoms with van der Waals surface area (Å²) in [7, 11) is 0. The standard InChI is InChI=1S/C6H10O3.C6H10O2/c1-6(2)3-8-5(7)9-4-6;7-6-4-2-1-3-5-8-6/h3-4H2,1-2H3;1-5H2. The van der Waals surface area contributed by atoms with Crippen molar-refractivity contribution < 1.29 is 23.8 Å². The molecule has 0 atom stereocenters. The second-order valence-electron chi connectivity index (χ2n) is 5.02. The molecule has 17 heavy (non-hydrogen) atoms. The van der Waals surface area contributed by atoms with E-state index in [1.54, 1.807) is 0 Å². The summed E-state index contributed by atoms with van der Waals surface area (Å²) in [4.78, 5) is 20.8. The zero-order valence-corrected chi connectivity index (χ0v) is 10.5. The first-order chi connectivity index (χ1) is 7.99. The first-order valence-electron chi connectivity index (χ1n) is 5.95. The maximum absolute atomic E-state index is 10.5. The van der Waals surface area contributed by atoms with Gasteiger partial charge in [0.25, 0.3) is 0 Å². The Bertz CT molecular complexity index is 250. The SMILES string of the molecule is CC1(C)COC(=O)OC1.O=C1CCCCCO1. The molecule has 2 aliphatic rings. The largest absolute Gasteiger partial charge is 0.508 e. The summed E-state index contributed by atoms with van der Waals surface area (Å²) in [5, 5.41) is 0. The highest BCUT2D eigenvalue weighted by Gasteiger charge is 2.27. The van der Waals surface area contributed by atoms with E-state index >= 15 is 0 Å². The molecule has 5 heteroatoms. The van der Waals surface area contributed by atoms with E-state index in [4.69, 9.17) is 4.74 Å². The maximum Gasteiger partial charge on any atom is 0.508 e. The number of rotatable bonds is 0. The van der Waals surface area contributed by atoms with Crippen molar-refractivity contribution in [3.05, 3.63) is 0 Å². The predicted molar refractivity (Wildman–Crippen MR) is 60.5 cm³/mol. The van der Waals surface area contributed by atoms with Crippen molar-refractivity contribution in [3.8, 4) is 0 Å². The lowest BCUT2D eigenvalue weighted by Gasteiger charge is -2.27. The lowest BCUT2D eigenvalue weighted by molar-refractivity contribution is -0.142. The van der Waals surface area contributed by atoms with Gasteiger partial charge in [0, 0.05) is 11.8 Å². The minimum Gasteiger partial charge on any atom is -0.466 e. The molecule has 2 heterocycles. The summed E-state index contributed by atoms with van der Waals surface area (Å²) in [6, 6.07) is 0. The van der Waals surface area contributed by atoms with Crippen LogP contribution in [0.1, 0.15) is 39.5 Å². The van der Waals surface area contributed by atoms with Crippen LogP contribution < -0.4 is 0 Å². The van der Waals surface area contributed by atoms with Crippen LogP contribution in [-0.2, 0) is 19.0 Å². The van der Waals surface area contributed by atoms with Crippen LogP contribution in [0.25, 0.3) is 0 Å². The second kappa shape index (κ2) is 6.47. The van der Waals surface area contributed by atoms with E-state index < -0.39 is 6.16 Å². The van der Waals surface area contributed by atoms with Gasteiger partial charge in [-0.2, -0.15) is 0 Å². The summed E-state index contributed by atoms with van der Waals surface area (Å²) in [5.74, 6) is -0.0255. The summed E-state index contributed by atoms with van der Waals surface area (Å²) >= 11 is 0. The van der Waals surface area contributed by atoms with Gasteiger partial charge in [-0.15, -0.1) is 0 Å². The highest BCUT2D eigenvalue weighted by atomic mass is 16.7. The third-order valence-electron chi connectivity index (χ3n) is 2.45. The molecule has 0 N–H and O–H groups in total. The number of carbonyl (C=O) groups excluding carboxylic acids is 2. The van der Waals surface area contributed by atoms with E-state index in [2.05, 4.69) is 9.47 Å². The van der Waals surface area contributed by atoms with E-state index in [1.807, 2.05) is 13.8 Å². The average Bonchev–Trinajstić information content (AvgIpc) is 2.52. The van der Waals surface area contributed by atoms with Crippen LogP contribution in [0.15, 0.2) is 0 Å². The molecule has 0 unspecified atom stereocenters. The van der Waals surface area contributed by atoms with Gasteiger partial charge in [-0.25, -0.2) is 4.79 Å². The lowest BCUT2D eigenvalue weighted by atomic mass is 9.96. The molecule has 2 fully saturated rings. The quantitative estimate of drug-likeness (QED) is 0.612. The molecular formula is C12H20O5. The average molecular weight is 244 g/mol. The van der Waals surface area contributed by atoms with E-state index in [0.717, 1.165) is 19.3 Å². The van der Waals surface area contributed by atoms with Gasteiger partial charge in [-0.1, -0.05) is 13.8 Å². The molecule has 0 aliphatic carbocycles. The molecule has 0 radical (unpaired) electrons. The van der Waals surface area contributed by atoms with Crippen molar-refractivity contribution in [2.24, 2.45) is 5.41 Å². The van der Waals surface area contributed by atoms with Gasteiger partial charge in [-0.3, -0.25) is 4.79 Å². The number of cyclic esters (lactones) is 3. The van der Waals surface area contributed by atoms with Gasteiger partial charge in [0.15, 0.2) is 0 Å². The van der Waals surface area contributed by atoms with Crippen molar-refractivity contribution in [3.63, 3.8) is 0 Å². The van der Waals surface area contributed by atoms with Crippen LogP contribution in [0.4, 0.5) is 4.79 Å². The van der Waals surface area contributed by atoms with E-state index in [-0.39, 0.29) is 11.4 Å². The van der Waals surface area contributed by atoms with Gasteiger partial charge in [0.2, 0.25) is 0 Å². The second-order valence-corrected chi connectivity index (χ2v) is 5.02. The Morgan fingerprint density at radius 1 is 0.941 bits per heavy atom. The molecule has 5 nitrogen and oxygen atoms in total. The molecule has 0 spiro atoms. The molecular weight excluding hydrogens is 224 g/mol. The van der Waals surface area contributed by atoms with Crippen LogP contribution in [0.5, 0.6) is 0 Å². The third-order valence-corrected chi connectivity index (χ3v) is 2.45. The third kappa shape index (κ3) is 6.14.